The number of aromatic nitrogens is 4. The van der Waals surface area contributed by atoms with Gasteiger partial charge >= 0.3 is 0 Å². The van der Waals surface area contributed by atoms with Crippen molar-refractivity contribution in [2.24, 2.45) is 5.92 Å². The summed E-state index contributed by atoms with van der Waals surface area (Å²) < 4.78 is 8.98. The Kier molecular flexibility index (Phi) is 3.10. The molecule has 1 N–H and O–H groups in total. The van der Waals surface area contributed by atoms with Crippen molar-refractivity contribution in [2.75, 3.05) is 13.1 Å². The van der Waals surface area contributed by atoms with E-state index in [4.69, 9.17) is 4.52 Å². The maximum absolute atomic E-state index is 5.20. The summed E-state index contributed by atoms with van der Waals surface area (Å²) in [5, 5.41) is 11.1. The van der Waals surface area contributed by atoms with Crippen molar-refractivity contribution in [1.29, 1.82) is 0 Å². The number of hydrogen-bond acceptors (Lipinski definition) is 7. The highest BCUT2D eigenvalue weighted by molar-refractivity contribution is 7.09. The van der Waals surface area contributed by atoms with E-state index in [2.05, 4.69) is 25.0 Å². The fraction of sp³-hybridized carbons (Fsp3) is 0.600. The van der Waals surface area contributed by atoms with Crippen molar-refractivity contribution in [1.82, 2.24) is 25.0 Å². The van der Waals surface area contributed by atoms with Crippen LogP contribution in [0.3, 0.4) is 0 Å². The lowest BCUT2D eigenvalue weighted by atomic mass is 9.96. The number of piperidine rings is 1. The van der Waals surface area contributed by atoms with Crippen molar-refractivity contribution in [3.8, 4) is 10.8 Å². The quantitative estimate of drug-likeness (QED) is 0.881. The van der Waals surface area contributed by atoms with Crippen molar-refractivity contribution >= 4 is 11.5 Å². The molecule has 0 aliphatic carbocycles. The highest BCUT2D eigenvalue weighted by Gasteiger charge is 2.17. The van der Waals surface area contributed by atoms with Crippen LogP contribution < -0.4 is 5.32 Å². The number of nitrogens with zero attached hydrogens (tertiary/aromatic N) is 4. The van der Waals surface area contributed by atoms with E-state index in [1.807, 2.05) is 0 Å². The van der Waals surface area contributed by atoms with Crippen LogP contribution in [0.1, 0.15) is 18.7 Å². The largest absolute Gasteiger partial charge is 0.333 e. The average Bonchev–Trinajstić information content (AvgIpc) is 3.00. The van der Waals surface area contributed by atoms with E-state index in [1.165, 1.54) is 24.4 Å². The molecule has 1 atom stereocenters. The summed E-state index contributed by atoms with van der Waals surface area (Å²) in [6.07, 6.45) is 4.99. The summed E-state index contributed by atoms with van der Waals surface area (Å²) in [5.74, 6) is 1.93. The van der Waals surface area contributed by atoms with Crippen molar-refractivity contribution in [3.05, 3.63) is 12.0 Å². The summed E-state index contributed by atoms with van der Waals surface area (Å²) >= 11 is 1.27. The molecule has 0 aromatic carbocycles. The van der Waals surface area contributed by atoms with Gasteiger partial charge in [0.2, 0.25) is 0 Å². The standard InChI is InChI=1S/C10H13N5OS/c1-2-7(5-11-3-1)4-9-13-10(16-14-9)8-6-12-15-17-8/h6-7,11H,1-5H2. The van der Waals surface area contributed by atoms with E-state index < -0.39 is 0 Å². The lowest BCUT2D eigenvalue weighted by molar-refractivity contribution is 0.360. The van der Waals surface area contributed by atoms with Gasteiger partial charge in [-0.1, -0.05) is 9.64 Å². The van der Waals surface area contributed by atoms with Crippen LogP contribution in [-0.2, 0) is 6.42 Å². The Labute approximate surface area is 103 Å². The molecular formula is C10H13N5OS. The van der Waals surface area contributed by atoms with Crippen molar-refractivity contribution in [2.45, 2.75) is 19.3 Å². The number of nitrogens with one attached hydrogen (secondary N) is 1. The molecule has 1 aliphatic rings. The fourth-order valence-electron chi connectivity index (χ4n) is 2.05. The van der Waals surface area contributed by atoms with Gasteiger partial charge in [-0.3, -0.25) is 0 Å². The van der Waals surface area contributed by atoms with E-state index in [9.17, 15) is 0 Å². The first kappa shape index (κ1) is 10.8. The monoisotopic (exact) mass is 251 g/mol. The van der Waals surface area contributed by atoms with Crippen molar-refractivity contribution in [3.63, 3.8) is 0 Å². The Balaban J connectivity index is 1.68. The molecule has 3 rings (SSSR count). The molecule has 6 nitrogen and oxygen atoms in total. The van der Waals surface area contributed by atoms with E-state index in [-0.39, 0.29) is 0 Å². The lowest BCUT2D eigenvalue weighted by Crippen LogP contribution is -2.31. The third-order valence-corrected chi connectivity index (χ3v) is 3.56. The second-order valence-corrected chi connectivity index (χ2v) is 5.00. The maximum atomic E-state index is 5.20. The van der Waals surface area contributed by atoms with Gasteiger partial charge in [0.25, 0.3) is 5.89 Å². The summed E-state index contributed by atoms with van der Waals surface area (Å²) in [7, 11) is 0. The van der Waals surface area contributed by atoms with Crippen LogP contribution in [0.15, 0.2) is 10.7 Å². The Morgan fingerprint density at radius 1 is 1.53 bits per heavy atom. The van der Waals surface area contributed by atoms with Crippen LogP contribution >= 0.6 is 11.5 Å². The molecular weight excluding hydrogens is 238 g/mol. The molecule has 1 unspecified atom stereocenters. The molecule has 0 radical (unpaired) electrons. The number of rotatable bonds is 3. The second-order valence-electron chi connectivity index (χ2n) is 4.21. The van der Waals surface area contributed by atoms with Gasteiger partial charge in [0.15, 0.2) is 5.82 Å². The van der Waals surface area contributed by atoms with Crippen molar-refractivity contribution < 1.29 is 4.52 Å². The Bertz CT molecular complexity index is 463. The summed E-state index contributed by atoms with van der Waals surface area (Å²) in [6, 6.07) is 0. The lowest BCUT2D eigenvalue weighted by Gasteiger charge is -2.20. The van der Waals surface area contributed by atoms with Crippen LogP contribution in [0.4, 0.5) is 0 Å². The van der Waals surface area contributed by atoms with Crippen LogP contribution in [0.25, 0.3) is 10.8 Å². The van der Waals surface area contributed by atoms with Gasteiger partial charge in [-0.25, -0.2) is 0 Å². The molecule has 0 spiro atoms. The summed E-state index contributed by atoms with van der Waals surface area (Å²) in [5.41, 5.74) is 0. The van der Waals surface area contributed by atoms with Gasteiger partial charge in [0.05, 0.1) is 6.20 Å². The summed E-state index contributed by atoms with van der Waals surface area (Å²) in [4.78, 5) is 5.20. The minimum atomic E-state index is 0.527. The zero-order valence-electron chi connectivity index (χ0n) is 9.30. The number of hydrogen-bond donors (Lipinski definition) is 1. The molecule has 1 fully saturated rings. The summed E-state index contributed by atoms with van der Waals surface area (Å²) in [6.45, 7) is 2.17. The van der Waals surface area contributed by atoms with Gasteiger partial charge in [0.1, 0.15) is 4.88 Å². The van der Waals surface area contributed by atoms with Gasteiger partial charge in [0, 0.05) is 6.42 Å². The van der Waals surface area contributed by atoms with Gasteiger partial charge in [-0.15, -0.1) is 5.10 Å². The minimum Gasteiger partial charge on any atom is -0.333 e. The van der Waals surface area contributed by atoms with E-state index in [0.717, 1.165) is 30.2 Å². The van der Waals surface area contributed by atoms with Crippen LogP contribution in [0.5, 0.6) is 0 Å². The Morgan fingerprint density at radius 3 is 3.29 bits per heavy atom. The molecule has 3 heterocycles. The van der Waals surface area contributed by atoms with Crippen LogP contribution in [0.2, 0.25) is 0 Å². The average molecular weight is 251 g/mol. The molecule has 0 bridgehead atoms. The highest BCUT2D eigenvalue weighted by Crippen LogP contribution is 2.21. The zero-order valence-corrected chi connectivity index (χ0v) is 10.1. The predicted octanol–water partition coefficient (Wildman–Crippen LogP) is 1.13. The van der Waals surface area contributed by atoms with Gasteiger partial charge < -0.3 is 9.84 Å². The van der Waals surface area contributed by atoms with Gasteiger partial charge in [-0.05, 0) is 43.4 Å². The first-order valence-corrected chi connectivity index (χ1v) is 6.50. The van der Waals surface area contributed by atoms with E-state index in [0.29, 0.717) is 11.8 Å². The third-order valence-electron chi connectivity index (χ3n) is 2.91. The highest BCUT2D eigenvalue weighted by atomic mass is 32.1. The second kappa shape index (κ2) is 4.89. The first-order valence-electron chi connectivity index (χ1n) is 5.73. The Morgan fingerprint density at radius 2 is 2.53 bits per heavy atom. The molecule has 0 amide bonds. The van der Waals surface area contributed by atoms with Gasteiger partial charge in [-0.2, -0.15) is 4.98 Å². The fourth-order valence-corrected chi connectivity index (χ4v) is 2.49. The van der Waals surface area contributed by atoms with Crippen LogP contribution in [-0.4, -0.2) is 32.8 Å². The predicted molar refractivity (Wildman–Crippen MR) is 62.5 cm³/mol. The normalized spacial score (nSPS) is 20.6. The molecule has 2 aromatic rings. The topological polar surface area (TPSA) is 76.7 Å². The zero-order chi connectivity index (χ0) is 11.5. The molecule has 2 aromatic heterocycles. The van der Waals surface area contributed by atoms with Crippen LogP contribution in [0, 0.1) is 5.92 Å². The molecule has 1 aliphatic heterocycles. The molecule has 0 saturated carbocycles. The molecule has 90 valence electrons. The molecule has 17 heavy (non-hydrogen) atoms. The van der Waals surface area contributed by atoms with E-state index in [1.54, 1.807) is 6.20 Å². The molecule has 1 saturated heterocycles. The SMILES string of the molecule is c1nnsc1-c1nc(CC2CCCNC2)no1. The smallest absolute Gasteiger partial charge is 0.271 e. The Hall–Kier alpha value is -1.34. The maximum Gasteiger partial charge on any atom is 0.271 e. The first-order chi connectivity index (χ1) is 8.42. The third kappa shape index (κ3) is 2.50. The van der Waals surface area contributed by atoms with E-state index >= 15 is 0 Å². The minimum absolute atomic E-state index is 0.527. The molecule has 7 heteroatoms.